The number of carbonyl (C=O) groups excluding carboxylic acids is 1. The van der Waals surface area contributed by atoms with E-state index >= 15 is 0 Å². The zero-order chi connectivity index (χ0) is 12.1. The molecule has 0 aliphatic heterocycles. The Bertz CT molecular complexity index is 428. The van der Waals surface area contributed by atoms with Crippen molar-refractivity contribution in [1.82, 2.24) is 14.5 Å². The van der Waals surface area contributed by atoms with E-state index in [4.69, 9.17) is 0 Å². The molecular formula is C10H14BrN3O2. The van der Waals surface area contributed by atoms with Gasteiger partial charge in [-0.3, -0.25) is 14.2 Å². The van der Waals surface area contributed by atoms with Crippen molar-refractivity contribution in [3.05, 3.63) is 27.4 Å². The Morgan fingerprint density at radius 2 is 2.25 bits per heavy atom. The van der Waals surface area contributed by atoms with Gasteiger partial charge in [-0.2, -0.15) is 0 Å². The van der Waals surface area contributed by atoms with Crippen molar-refractivity contribution in [3.8, 4) is 0 Å². The second-order valence-corrected chi connectivity index (χ2v) is 4.49. The number of rotatable bonds is 4. The number of carbonyl (C=O) groups is 1. The Morgan fingerprint density at radius 1 is 1.56 bits per heavy atom. The summed E-state index contributed by atoms with van der Waals surface area (Å²) >= 11 is 3.12. The van der Waals surface area contributed by atoms with E-state index in [-0.39, 0.29) is 11.5 Å². The van der Waals surface area contributed by atoms with Gasteiger partial charge in [-0.25, -0.2) is 4.98 Å². The molecule has 0 unspecified atom stereocenters. The molecule has 1 aromatic rings. The second-order valence-electron chi connectivity index (χ2n) is 3.63. The third-order valence-corrected chi connectivity index (χ3v) is 2.69. The molecule has 88 valence electrons. The number of hydrogen-bond donors (Lipinski definition) is 0. The third kappa shape index (κ3) is 3.44. The van der Waals surface area contributed by atoms with E-state index in [0.29, 0.717) is 23.9 Å². The number of nitrogens with zero attached hydrogens (tertiary/aromatic N) is 3. The standard InChI is InChI=1S/C10H14BrN3O2/c1-13(2)9(15)4-3-5-14-7-12-6-8(11)10(14)16/h6-7H,3-5H2,1-2H3. The Balaban J connectivity index is 2.53. The molecule has 1 aromatic heterocycles. The van der Waals surface area contributed by atoms with Crippen LogP contribution in [0.15, 0.2) is 21.8 Å². The third-order valence-electron chi connectivity index (χ3n) is 2.15. The molecule has 0 atom stereocenters. The Labute approximate surface area is 102 Å². The monoisotopic (exact) mass is 287 g/mol. The van der Waals surface area contributed by atoms with Crippen molar-refractivity contribution in [3.63, 3.8) is 0 Å². The molecule has 0 radical (unpaired) electrons. The molecule has 1 rings (SSSR count). The molecule has 0 fully saturated rings. The van der Waals surface area contributed by atoms with Crippen LogP contribution in [0.3, 0.4) is 0 Å². The van der Waals surface area contributed by atoms with Crippen LogP contribution >= 0.6 is 15.9 Å². The van der Waals surface area contributed by atoms with Gasteiger partial charge in [0.05, 0.1) is 6.33 Å². The first-order chi connectivity index (χ1) is 7.52. The first-order valence-electron chi connectivity index (χ1n) is 4.92. The van der Waals surface area contributed by atoms with Gasteiger partial charge < -0.3 is 4.90 Å². The van der Waals surface area contributed by atoms with Crippen LogP contribution < -0.4 is 5.56 Å². The van der Waals surface area contributed by atoms with Crippen molar-refractivity contribution in [2.45, 2.75) is 19.4 Å². The van der Waals surface area contributed by atoms with Gasteiger partial charge in [0, 0.05) is 33.3 Å². The predicted octanol–water partition coefficient (Wildman–Crippen LogP) is 0.874. The summed E-state index contributed by atoms with van der Waals surface area (Å²) in [4.78, 5) is 28.3. The molecule has 0 N–H and O–H groups in total. The summed E-state index contributed by atoms with van der Waals surface area (Å²) in [6, 6.07) is 0. The molecule has 0 aromatic carbocycles. The fraction of sp³-hybridized carbons (Fsp3) is 0.500. The smallest absolute Gasteiger partial charge is 0.267 e. The van der Waals surface area contributed by atoms with E-state index in [2.05, 4.69) is 20.9 Å². The van der Waals surface area contributed by atoms with Gasteiger partial charge in [-0.1, -0.05) is 0 Å². The molecule has 0 bridgehead atoms. The lowest BCUT2D eigenvalue weighted by molar-refractivity contribution is -0.128. The molecule has 0 saturated heterocycles. The molecule has 0 saturated carbocycles. The minimum Gasteiger partial charge on any atom is -0.349 e. The van der Waals surface area contributed by atoms with E-state index in [9.17, 15) is 9.59 Å². The maximum absolute atomic E-state index is 11.6. The average Bonchev–Trinajstić information content (AvgIpc) is 2.24. The van der Waals surface area contributed by atoms with Crippen LogP contribution in [0.4, 0.5) is 0 Å². The fourth-order valence-corrected chi connectivity index (χ4v) is 1.55. The SMILES string of the molecule is CN(C)C(=O)CCCn1cncc(Br)c1=O. The van der Waals surface area contributed by atoms with Crippen molar-refractivity contribution in [2.24, 2.45) is 0 Å². The van der Waals surface area contributed by atoms with Gasteiger partial charge >= 0.3 is 0 Å². The van der Waals surface area contributed by atoms with Crippen LogP contribution in [0, 0.1) is 0 Å². The van der Waals surface area contributed by atoms with Crippen LogP contribution in [-0.2, 0) is 11.3 Å². The minimum absolute atomic E-state index is 0.0657. The summed E-state index contributed by atoms with van der Waals surface area (Å²) < 4.78 is 1.93. The minimum atomic E-state index is -0.118. The summed E-state index contributed by atoms with van der Waals surface area (Å²) in [5, 5.41) is 0. The van der Waals surface area contributed by atoms with Gasteiger partial charge in [0.2, 0.25) is 5.91 Å². The zero-order valence-electron chi connectivity index (χ0n) is 9.31. The lowest BCUT2D eigenvalue weighted by Crippen LogP contribution is -2.24. The maximum atomic E-state index is 11.6. The van der Waals surface area contributed by atoms with Gasteiger partial charge in [-0.15, -0.1) is 0 Å². The van der Waals surface area contributed by atoms with Crippen LogP contribution in [0.5, 0.6) is 0 Å². The number of aryl methyl sites for hydroxylation is 1. The molecule has 0 aliphatic carbocycles. The Kier molecular flexibility index (Phi) is 4.67. The van der Waals surface area contributed by atoms with Gasteiger partial charge in [-0.05, 0) is 22.4 Å². The zero-order valence-corrected chi connectivity index (χ0v) is 10.9. The van der Waals surface area contributed by atoms with Gasteiger partial charge in [0.1, 0.15) is 4.47 Å². The van der Waals surface area contributed by atoms with Crippen molar-refractivity contribution in [1.29, 1.82) is 0 Å². The molecule has 5 nitrogen and oxygen atoms in total. The summed E-state index contributed by atoms with van der Waals surface area (Å²) in [5.41, 5.74) is -0.118. The lowest BCUT2D eigenvalue weighted by atomic mass is 10.3. The van der Waals surface area contributed by atoms with Crippen molar-refractivity contribution >= 4 is 21.8 Å². The lowest BCUT2D eigenvalue weighted by Gasteiger charge is -2.10. The molecular weight excluding hydrogens is 274 g/mol. The van der Waals surface area contributed by atoms with E-state index in [0.717, 1.165) is 0 Å². The van der Waals surface area contributed by atoms with E-state index in [1.165, 1.54) is 17.1 Å². The summed E-state index contributed by atoms with van der Waals surface area (Å²) in [6.45, 7) is 0.505. The number of aromatic nitrogens is 2. The summed E-state index contributed by atoms with van der Waals surface area (Å²) in [7, 11) is 3.43. The van der Waals surface area contributed by atoms with Gasteiger partial charge in [0.25, 0.3) is 5.56 Å². The second kappa shape index (κ2) is 5.79. The topological polar surface area (TPSA) is 55.2 Å². The van der Waals surface area contributed by atoms with Crippen LogP contribution in [0.1, 0.15) is 12.8 Å². The average molecular weight is 288 g/mol. The van der Waals surface area contributed by atoms with E-state index < -0.39 is 0 Å². The van der Waals surface area contributed by atoms with E-state index in [1.807, 2.05) is 0 Å². The summed E-state index contributed by atoms with van der Waals surface area (Å²) in [6.07, 6.45) is 4.01. The molecule has 1 heterocycles. The summed E-state index contributed by atoms with van der Waals surface area (Å²) in [5.74, 6) is 0.0657. The van der Waals surface area contributed by atoms with Crippen molar-refractivity contribution < 1.29 is 4.79 Å². The highest BCUT2D eigenvalue weighted by Crippen LogP contribution is 2.00. The quantitative estimate of drug-likeness (QED) is 0.826. The largest absolute Gasteiger partial charge is 0.349 e. The van der Waals surface area contributed by atoms with Crippen LogP contribution in [0.25, 0.3) is 0 Å². The Morgan fingerprint density at radius 3 is 2.88 bits per heavy atom. The maximum Gasteiger partial charge on any atom is 0.267 e. The number of halogens is 1. The molecule has 0 spiro atoms. The fourth-order valence-electron chi connectivity index (χ4n) is 1.21. The van der Waals surface area contributed by atoms with Crippen LogP contribution in [0.2, 0.25) is 0 Å². The number of amides is 1. The highest BCUT2D eigenvalue weighted by Gasteiger charge is 2.05. The van der Waals surface area contributed by atoms with Gasteiger partial charge in [0.15, 0.2) is 0 Å². The molecule has 16 heavy (non-hydrogen) atoms. The van der Waals surface area contributed by atoms with Crippen molar-refractivity contribution in [2.75, 3.05) is 14.1 Å². The molecule has 1 amide bonds. The highest BCUT2D eigenvalue weighted by atomic mass is 79.9. The highest BCUT2D eigenvalue weighted by molar-refractivity contribution is 9.10. The van der Waals surface area contributed by atoms with E-state index in [1.54, 1.807) is 19.0 Å². The first kappa shape index (κ1) is 12.9. The normalized spacial score (nSPS) is 10.2. The molecule has 6 heteroatoms. The van der Waals surface area contributed by atoms with Crippen LogP contribution in [-0.4, -0.2) is 34.5 Å². The Hall–Kier alpha value is -1.17. The molecule has 0 aliphatic rings. The number of hydrogen-bond acceptors (Lipinski definition) is 3. The first-order valence-corrected chi connectivity index (χ1v) is 5.71. The predicted molar refractivity (Wildman–Crippen MR) is 64.1 cm³/mol.